The molecule has 8 nitrogen and oxygen atoms in total. The van der Waals surface area contributed by atoms with Crippen molar-refractivity contribution >= 4 is 35.2 Å². The Hall–Kier alpha value is -2.87. The van der Waals surface area contributed by atoms with E-state index >= 15 is 0 Å². The normalized spacial score (nSPS) is 24.6. The second-order valence-electron chi connectivity index (χ2n) is 8.60. The molecule has 162 valence electrons. The number of hydrogen-bond donors (Lipinski definition) is 1. The molecule has 0 saturated carbocycles. The minimum atomic E-state index is -0.224. The number of carbonyl (C=O) groups is 2. The van der Waals surface area contributed by atoms with E-state index in [0.717, 1.165) is 19.4 Å². The van der Waals surface area contributed by atoms with Crippen LogP contribution in [0.1, 0.15) is 12.8 Å². The molecule has 3 amide bonds. The average Bonchev–Trinajstić information content (AvgIpc) is 3.31. The highest BCUT2D eigenvalue weighted by molar-refractivity contribution is 6.30. The van der Waals surface area contributed by atoms with E-state index in [4.69, 9.17) is 11.6 Å². The SMILES string of the molecule is CN1C(=O)[C@@H]2CN(c3ncccn3)C[C@@H]2C12CCN(C(=O)Nc1cccc(Cl)c1)CC2. The minimum absolute atomic E-state index is 0.0411. The highest BCUT2D eigenvalue weighted by Gasteiger charge is 2.60. The first-order chi connectivity index (χ1) is 15.0. The van der Waals surface area contributed by atoms with Gasteiger partial charge in [0.15, 0.2) is 0 Å². The number of rotatable bonds is 2. The minimum Gasteiger partial charge on any atom is -0.340 e. The number of carbonyl (C=O) groups excluding carboxylic acids is 2. The first-order valence-corrected chi connectivity index (χ1v) is 11.0. The second kappa shape index (κ2) is 7.67. The zero-order valence-corrected chi connectivity index (χ0v) is 18.1. The van der Waals surface area contributed by atoms with E-state index in [1.54, 1.807) is 30.6 Å². The van der Waals surface area contributed by atoms with Crippen molar-refractivity contribution in [3.8, 4) is 0 Å². The van der Waals surface area contributed by atoms with Gasteiger partial charge in [-0.2, -0.15) is 0 Å². The van der Waals surface area contributed by atoms with Crippen LogP contribution in [-0.4, -0.2) is 70.5 Å². The first-order valence-electron chi connectivity index (χ1n) is 10.6. The van der Waals surface area contributed by atoms with Crippen molar-refractivity contribution in [1.29, 1.82) is 0 Å². The fourth-order valence-corrected chi connectivity index (χ4v) is 5.70. The molecule has 3 fully saturated rings. The predicted molar refractivity (Wildman–Crippen MR) is 118 cm³/mol. The van der Waals surface area contributed by atoms with Gasteiger partial charge < -0.3 is 20.0 Å². The van der Waals surface area contributed by atoms with E-state index in [-0.39, 0.29) is 29.3 Å². The topological polar surface area (TPSA) is 81.7 Å². The van der Waals surface area contributed by atoms with Crippen molar-refractivity contribution < 1.29 is 9.59 Å². The highest BCUT2D eigenvalue weighted by Crippen LogP contribution is 2.49. The van der Waals surface area contributed by atoms with Gasteiger partial charge in [-0.25, -0.2) is 14.8 Å². The van der Waals surface area contributed by atoms with Gasteiger partial charge in [-0.15, -0.1) is 0 Å². The molecule has 31 heavy (non-hydrogen) atoms. The van der Waals surface area contributed by atoms with E-state index in [1.807, 2.05) is 29.0 Å². The third-order valence-electron chi connectivity index (χ3n) is 7.15. The maximum absolute atomic E-state index is 13.1. The Morgan fingerprint density at radius 1 is 1.16 bits per heavy atom. The van der Waals surface area contributed by atoms with Crippen molar-refractivity contribution in [1.82, 2.24) is 19.8 Å². The fraction of sp³-hybridized carbons (Fsp3) is 0.455. The smallest absolute Gasteiger partial charge is 0.321 e. The maximum Gasteiger partial charge on any atom is 0.321 e. The van der Waals surface area contributed by atoms with E-state index in [2.05, 4.69) is 20.2 Å². The van der Waals surface area contributed by atoms with Crippen LogP contribution in [0.3, 0.4) is 0 Å². The molecule has 3 aliphatic rings. The van der Waals surface area contributed by atoms with Crippen LogP contribution in [0.2, 0.25) is 5.02 Å². The van der Waals surface area contributed by atoms with E-state index in [1.165, 1.54) is 0 Å². The van der Waals surface area contributed by atoms with Crippen molar-refractivity contribution in [2.75, 3.05) is 43.4 Å². The lowest BCUT2D eigenvalue weighted by Crippen LogP contribution is -2.57. The lowest BCUT2D eigenvalue weighted by atomic mass is 9.75. The van der Waals surface area contributed by atoms with Crippen LogP contribution in [0.5, 0.6) is 0 Å². The second-order valence-corrected chi connectivity index (χ2v) is 9.03. The van der Waals surface area contributed by atoms with Crippen LogP contribution in [-0.2, 0) is 4.79 Å². The molecular weight excluding hydrogens is 416 g/mol. The Labute approximate surface area is 186 Å². The lowest BCUT2D eigenvalue weighted by Gasteiger charge is -2.46. The van der Waals surface area contributed by atoms with Gasteiger partial charge in [0.2, 0.25) is 11.9 Å². The Bertz CT molecular complexity index is 995. The number of likely N-dealkylation sites (tertiary alicyclic amines) is 2. The number of urea groups is 1. The molecular formula is C22H25ClN6O2. The summed E-state index contributed by atoms with van der Waals surface area (Å²) in [6.45, 7) is 2.63. The number of nitrogens with one attached hydrogen (secondary N) is 1. The zero-order valence-electron chi connectivity index (χ0n) is 17.4. The summed E-state index contributed by atoms with van der Waals surface area (Å²) in [7, 11) is 1.92. The van der Waals surface area contributed by atoms with Crippen LogP contribution >= 0.6 is 11.6 Å². The van der Waals surface area contributed by atoms with Crippen molar-refractivity contribution in [3.05, 3.63) is 47.7 Å². The number of anilines is 2. The molecule has 0 radical (unpaired) electrons. The van der Waals surface area contributed by atoms with Crippen LogP contribution in [0.15, 0.2) is 42.7 Å². The molecule has 1 aromatic heterocycles. The predicted octanol–water partition coefficient (Wildman–Crippen LogP) is 2.72. The molecule has 4 heterocycles. The van der Waals surface area contributed by atoms with Crippen molar-refractivity contribution in [2.45, 2.75) is 18.4 Å². The number of hydrogen-bond acceptors (Lipinski definition) is 5. The Morgan fingerprint density at radius 3 is 2.61 bits per heavy atom. The van der Waals surface area contributed by atoms with Gasteiger partial charge in [-0.1, -0.05) is 17.7 Å². The fourth-order valence-electron chi connectivity index (χ4n) is 5.51. The Balaban J connectivity index is 1.28. The standard InChI is InChI=1S/C22H25ClN6O2/c1-27-19(30)17-13-29(20-24-8-3-9-25-20)14-18(17)22(27)6-10-28(11-7-22)21(31)26-16-5-2-4-15(23)12-16/h2-5,8-9,12,17-18H,6-7,10-11,13-14H2,1H3,(H,26,31)/t17-,18+/m1/s1. The van der Waals surface area contributed by atoms with Crippen LogP contribution in [0.25, 0.3) is 0 Å². The molecule has 1 aromatic carbocycles. The van der Waals surface area contributed by atoms with Gasteiger partial charge in [0.1, 0.15) is 0 Å². The third-order valence-corrected chi connectivity index (χ3v) is 7.39. The van der Waals surface area contributed by atoms with Gasteiger partial charge in [0.25, 0.3) is 0 Å². The van der Waals surface area contributed by atoms with E-state index in [0.29, 0.717) is 36.3 Å². The van der Waals surface area contributed by atoms with Gasteiger partial charge in [0, 0.05) is 62.2 Å². The molecule has 2 atom stereocenters. The number of aromatic nitrogens is 2. The average molecular weight is 441 g/mol. The number of nitrogens with zero attached hydrogens (tertiary/aromatic N) is 5. The number of piperidine rings is 1. The molecule has 2 aromatic rings. The summed E-state index contributed by atoms with van der Waals surface area (Å²) < 4.78 is 0. The number of halogens is 1. The maximum atomic E-state index is 13.1. The quantitative estimate of drug-likeness (QED) is 0.776. The monoisotopic (exact) mass is 440 g/mol. The molecule has 0 aliphatic carbocycles. The molecule has 5 rings (SSSR count). The third kappa shape index (κ3) is 3.39. The highest BCUT2D eigenvalue weighted by atomic mass is 35.5. The Kier molecular flexibility index (Phi) is 4.97. The summed E-state index contributed by atoms with van der Waals surface area (Å²) in [6, 6.07) is 8.80. The summed E-state index contributed by atoms with van der Waals surface area (Å²) in [6.07, 6.45) is 5.00. The molecule has 1 N–H and O–H groups in total. The molecule has 3 aliphatic heterocycles. The number of fused-ring (bicyclic) bond motifs is 2. The van der Waals surface area contributed by atoms with Crippen LogP contribution in [0.4, 0.5) is 16.4 Å². The number of benzene rings is 1. The molecule has 0 bridgehead atoms. The van der Waals surface area contributed by atoms with Crippen molar-refractivity contribution in [3.63, 3.8) is 0 Å². The van der Waals surface area contributed by atoms with Crippen molar-refractivity contribution in [2.24, 2.45) is 11.8 Å². The van der Waals surface area contributed by atoms with E-state index in [9.17, 15) is 9.59 Å². The van der Waals surface area contributed by atoms with Crippen LogP contribution < -0.4 is 10.2 Å². The van der Waals surface area contributed by atoms with Gasteiger partial charge in [-0.05, 0) is 37.1 Å². The summed E-state index contributed by atoms with van der Waals surface area (Å²) in [5.74, 6) is 1.05. The van der Waals surface area contributed by atoms with E-state index < -0.39 is 0 Å². The largest absolute Gasteiger partial charge is 0.340 e. The van der Waals surface area contributed by atoms with Gasteiger partial charge in [0.05, 0.1) is 11.5 Å². The number of amides is 3. The van der Waals surface area contributed by atoms with Crippen LogP contribution in [0, 0.1) is 11.8 Å². The first kappa shape index (κ1) is 20.1. The molecule has 1 spiro atoms. The van der Waals surface area contributed by atoms with Gasteiger partial charge >= 0.3 is 6.03 Å². The summed E-state index contributed by atoms with van der Waals surface area (Å²) >= 11 is 6.02. The Morgan fingerprint density at radius 2 is 1.90 bits per heavy atom. The summed E-state index contributed by atoms with van der Waals surface area (Å²) in [5.41, 5.74) is 0.457. The zero-order chi connectivity index (χ0) is 21.6. The molecule has 3 saturated heterocycles. The summed E-state index contributed by atoms with van der Waals surface area (Å²) in [5, 5.41) is 3.51. The summed E-state index contributed by atoms with van der Waals surface area (Å²) in [4.78, 5) is 40.5. The lowest BCUT2D eigenvalue weighted by molar-refractivity contribution is -0.133. The molecule has 9 heteroatoms. The molecule has 0 unspecified atom stereocenters. The van der Waals surface area contributed by atoms with Gasteiger partial charge in [-0.3, -0.25) is 4.79 Å².